The summed E-state index contributed by atoms with van der Waals surface area (Å²) in [5.41, 5.74) is 0.830. The summed E-state index contributed by atoms with van der Waals surface area (Å²) in [4.78, 5) is 14.7. The van der Waals surface area contributed by atoms with Crippen LogP contribution in [0.3, 0.4) is 0 Å². The molecule has 0 N–H and O–H groups in total. The molecule has 1 saturated carbocycles. The Morgan fingerprint density at radius 1 is 1.16 bits per heavy atom. The van der Waals surface area contributed by atoms with E-state index >= 15 is 0 Å². The van der Waals surface area contributed by atoms with Gasteiger partial charge in [0.05, 0.1) is 23.8 Å². The smallest absolute Gasteiger partial charge is 0.246 e. The second-order valence-corrected chi connectivity index (χ2v) is 7.06. The lowest BCUT2D eigenvalue weighted by molar-refractivity contribution is -0.144. The van der Waals surface area contributed by atoms with Crippen LogP contribution in [0.25, 0.3) is 6.08 Å². The van der Waals surface area contributed by atoms with Crippen molar-refractivity contribution in [3.8, 4) is 11.5 Å². The Bertz CT molecular complexity index is 688. The van der Waals surface area contributed by atoms with Crippen LogP contribution in [0.5, 0.6) is 11.5 Å². The molecule has 3 aliphatic rings. The Labute approximate surface area is 152 Å². The van der Waals surface area contributed by atoms with Gasteiger partial charge in [-0.15, -0.1) is 0 Å². The van der Waals surface area contributed by atoms with Crippen molar-refractivity contribution >= 4 is 23.6 Å². The van der Waals surface area contributed by atoms with Crippen molar-refractivity contribution < 1.29 is 19.0 Å². The van der Waals surface area contributed by atoms with Crippen molar-refractivity contribution in [3.63, 3.8) is 0 Å². The van der Waals surface area contributed by atoms with Crippen molar-refractivity contribution in [2.24, 2.45) is 0 Å². The van der Waals surface area contributed by atoms with E-state index in [-0.39, 0.29) is 18.1 Å². The molecule has 1 aromatic rings. The molecule has 134 valence electrons. The Morgan fingerprint density at radius 2 is 2.00 bits per heavy atom. The van der Waals surface area contributed by atoms with Crippen LogP contribution >= 0.6 is 11.6 Å². The molecular weight excluding hydrogens is 342 g/mol. The van der Waals surface area contributed by atoms with E-state index < -0.39 is 0 Å². The largest absolute Gasteiger partial charge is 0.486 e. The minimum atomic E-state index is 0.0335. The molecule has 1 amide bonds. The maximum Gasteiger partial charge on any atom is 0.246 e. The molecule has 1 saturated heterocycles. The normalized spacial score (nSPS) is 25.7. The SMILES string of the molecule is O=C(/C=C/c1cc(Cl)c2c(c1)OCCO2)N1CCO[C@@H]2CCCC[C@@H]21. The van der Waals surface area contributed by atoms with E-state index in [2.05, 4.69) is 0 Å². The molecular formula is C19H22ClNO4. The zero-order valence-electron chi connectivity index (χ0n) is 14.1. The lowest BCUT2D eigenvalue weighted by Gasteiger charge is -2.43. The molecule has 2 heterocycles. The molecule has 0 aromatic heterocycles. The first-order valence-electron chi connectivity index (χ1n) is 8.92. The fourth-order valence-corrected chi connectivity index (χ4v) is 4.13. The number of hydrogen-bond donors (Lipinski definition) is 0. The van der Waals surface area contributed by atoms with Crippen molar-refractivity contribution in [2.45, 2.75) is 37.8 Å². The van der Waals surface area contributed by atoms with Crippen LogP contribution in [0.15, 0.2) is 18.2 Å². The molecule has 25 heavy (non-hydrogen) atoms. The first kappa shape index (κ1) is 16.7. The van der Waals surface area contributed by atoms with Crippen molar-refractivity contribution in [1.29, 1.82) is 0 Å². The standard InChI is InChI=1S/C19H22ClNO4/c20-14-11-13(12-17-19(14)25-10-9-24-17)5-6-18(22)21-7-8-23-16-4-2-1-3-15(16)21/h5-6,11-12,15-16H,1-4,7-10H2/b6-5+/t15-,16+/m0/s1. The van der Waals surface area contributed by atoms with Gasteiger partial charge < -0.3 is 19.1 Å². The van der Waals surface area contributed by atoms with Gasteiger partial charge >= 0.3 is 0 Å². The number of carbonyl (C=O) groups is 1. The minimum absolute atomic E-state index is 0.0335. The molecule has 6 heteroatoms. The summed E-state index contributed by atoms with van der Waals surface area (Å²) in [5, 5.41) is 0.503. The minimum Gasteiger partial charge on any atom is -0.486 e. The topological polar surface area (TPSA) is 48.0 Å². The number of halogens is 1. The third kappa shape index (κ3) is 3.48. The monoisotopic (exact) mass is 363 g/mol. The number of rotatable bonds is 2. The third-order valence-electron chi connectivity index (χ3n) is 5.05. The summed E-state index contributed by atoms with van der Waals surface area (Å²) in [5.74, 6) is 1.24. The summed E-state index contributed by atoms with van der Waals surface area (Å²) in [7, 11) is 0. The number of fused-ring (bicyclic) bond motifs is 2. The summed E-state index contributed by atoms with van der Waals surface area (Å²) >= 11 is 6.25. The fraction of sp³-hybridized carbons (Fsp3) is 0.526. The van der Waals surface area contributed by atoms with Crippen molar-refractivity contribution in [1.82, 2.24) is 4.90 Å². The molecule has 2 atom stereocenters. The highest BCUT2D eigenvalue weighted by atomic mass is 35.5. The van der Waals surface area contributed by atoms with Gasteiger partial charge in [-0.25, -0.2) is 0 Å². The molecule has 1 aromatic carbocycles. The number of hydrogen-bond acceptors (Lipinski definition) is 4. The van der Waals surface area contributed by atoms with Crippen LogP contribution in [-0.4, -0.2) is 49.3 Å². The van der Waals surface area contributed by atoms with E-state index in [1.165, 1.54) is 6.42 Å². The van der Waals surface area contributed by atoms with E-state index in [4.69, 9.17) is 25.8 Å². The number of amides is 1. The summed E-state index contributed by atoms with van der Waals surface area (Å²) in [6.07, 6.45) is 8.04. The zero-order chi connectivity index (χ0) is 17.2. The first-order valence-corrected chi connectivity index (χ1v) is 9.29. The van der Waals surface area contributed by atoms with Crippen LogP contribution in [0.2, 0.25) is 5.02 Å². The summed E-state index contributed by atoms with van der Waals surface area (Å²) < 4.78 is 16.9. The predicted octanol–water partition coefficient (Wildman–Crippen LogP) is 3.29. The predicted molar refractivity (Wildman–Crippen MR) is 95.2 cm³/mol. The highest BCUT2D eigenvalue weighted by Gasteiger charge is 2.35. The van der Waals surface area contributed by atoms with Gasteiger partial charge in [-0.05, 0) is 36.6 Å². The number of carbonyl (C=O) groups excluding carboxylic acids is 1. The Balaban J connectivity index is 1.49. The number of nitrogens with zero attached hydrogens (tertiary/aromatic N) is 1. The van der Waals surface area contributed by atoms with E-state index in [9.17, 15) is 4.79 Å². The highest BCUT2D eigenvalue weighted by molar-refractivity contribution is 6.32. The maximum absolute atomic E-state index is 12.7. The molecule has 5 nitrogen and oxygen atoms in total. The Kier molecular flexibility index (Phi) is 4.86. The highest BCUT2D eigenvalue weighted by Crippen LogP contribution is 2.38. The first-order chi connectivity index (χ1) is 12.2. The molecule has 0 bridgehead atoms. The van der Waals surface area contributed by atoms with E-state index in [0.29, 0.717) is 42.9 Å². The lowest BCUT2D eigenvalue weighted by Crippen LogP contribution is -2.54. The fourth-order valence-electron chi connectivity index (χ4n) is 3.86. The van der Waals surface area contributed by atoms with Crippen molar-refractivity contribution in [2.75, 3.05) is 26.4 Å². The van der Waals surface area contributed by atoms with Gasteiger partial charge in [0.25, 0.3) is 0 Å². The zero-order valence-corrected chi connectivity index (χ0v) is 14.8. The number of ether oxygens (including phenoxy) is 3. The number of morpholine rings is 1. The second kappa shape index (κ2) is 7.26. The molecule has 2 aliphatic heterocycles. The van der Waals surface area contributed by atoms with Gasteiger partial charge in [0.2, 0.25) is 5.91 Å². The second-order valence-electron chi connectivity index (χ2n) is 6.65. The van der Waals surface area contributed by atoms with E-state index in [1.54, 1.807) is 18.2 Å². The number of benzene rings is 1. The maximum atomic E-state index is 12.7. The van der Waals surface area contributed by atoms with Crippen LogP contribution in [-0.2, 0) is 9.53 Å². The molecule has 0 unspecified atom stereocenters. The van der Waals surface area contributed by atoms with Gasteiger partial charge in [-0.1, -0.05) is 24.4 Å². The molecule has 0 spiro atoms. The average Bonchev–Trinajstić information content (AvgIpc) is 2.66. The van der Waals surface area contributed by atoms with Gasteiger partial charge in [-0.3, -0.25) is 4.79 Å². The Morgan fingerprint density at radius 3 is 2.92 bits per heavy atom. The van der Waals surface area contributed by atoms with Gasteiger partial charge in [0.1, 0.15) is 13.2 Å². The molecule has 1 aliphatic carbocycles. The molecule has 2 fully saturated rings. The van der Waals surface area contributed by atoms with Crippen LogP contribution < -0.4 is 9.47 Å². The Hall–Kier alpha value is -1.72. The molecule has 4 rings (SSSR count). The third-order valence-corrected chi connectivity index (χ3v) is 5.33. The van der Waals surface area contributed by atoms with Crippen LogP contribution in [0.1, 0.15) is 31.2 Å². The molecule has 0 radical (unpaired) electrons. The summed E-state index contributed by atoms with van der Waals surface area (Å²) in [6, 6.07) is 3.86. The summed E-state index contributed by atoms with van der Waals surface area (Å²) in [6.45, 7) is 2.29. The van der Waals surface area contributed by atoms with E-state index in [0.717, 1.165) is 24.8 Å². The van der Waals surface area contributed by atoms with Crippen LogP contribution in [0, 0.1) is 0 Å². The average molecular weight is 364 g/mol. The van der Waals surface area contributed by atoms with Gasteiger partial charge in [-0.2, -0.15) is 0 Å². The van der Waals surface area contributed by atoms with Gasteiger partial charge in [0, 0.05) is 12.6 Å². The van der Waals surface area contributed by atoms with E-state index in [1.807, 2.05) is 11.0 Å². The van der Waals surface area contributed by atoms with Gasteiger partial charge in [0.15, 0.2) is 11.5 Å². The van der Waals surface area contributed by atoms with Crippen molar-refractivity contribution in [3.05, 3.63) is 28.8 Å². The quantitative estimate of drug-likeness (QED) is 0.756. The van der Waals surface area contributed by atoms with Crippen LogP contribution in [0.4, 0.5) is 0 Å². The lowest BCUT2D eigenvalue weighted by atomic mass is 9.90.